The molecule has 0 spiro atoms. The van der Waals surface area contributed by atoms with Crippen molar-refractivity contribution in [2.75, 3.05) is 85.1 Å². The summed E-state index contributed by atoms with van der Waals surface area (Å²) in [5, 5.41) is 61.1. The molecule has 9 atom stereocenters. The summed E-state index contributed by atoms with van der Waals surface area (Å²) in [6.07, 6.45) is 6.00. The van der Waals surface area contributed by atoms with Crippen LogP contribution in [0, 0.1) is 0 Å². The fourth-order valence-electron chi connectivity index (χ4n) is 10.1. The summed E-state index contributed by atoms with van der Waals surface area (Å²) in [5.74, 6) is -7.26. The number of hydrogen-bond acceptors (Lipinski definition) is 19. The zero-order valence-corrected chi connectivity index (χ0v) is 57.1. The second-order valence-corrected chi connectivity index (χ2v) is 24.0. The van der Waals surface area contributed by atoms with E-state index in [4.69, 9.17) is 56.7 Å². The first-order chi connectivity index (χ1) is 47.7. The van der Waals surface area contributed by atoms with Gasteiger partial charge in [0, 0.05) is 96.8 Å². The van der Waals surface area contributed by atoms with E-state index in [9.17, 15) is 53.4 Å². The fourth-order valence-corrected chi connectivity index (χ4v) is 10.1. The Hall–Kier alpha value is -10.1. The van der Waals surface area contributed by atoms with Crippen molar-refractivity contribution in [1.82, 2.24) is 73.4 Å². The maximum atomic E-state index is 14.4. The second-order valence-electron chi connectivity index (χ2n) is 24.0. The predicted molar refractivity (Wildman–Crippen MR) is 375 cm³/mol. The van der Waals surface area contributed by atoms with Gasteiger partial charge >= 0.3 is 5.97 Å². The minimum Gasteiger partial charge on any atom is -0.481 e. The molecule has 41 heteroatoms. The lowest BCUT2D eigenvalue weighted by molar-refractivity contribution is -0.141. The number of imidazole rings is 1. The number of aromatic amines is 1. The number of primary amides is 1. The van der Waals surface area contributed by atoms with E-state index >= 15 is 0 Å². The first-order valence-corrected chi connectivity index (χ1v) is 33.6. The Bertz CT molecular complexity index is 2910. The molecule has 8 amide bonds. The number of carboxylic acids is 1. The standard InChI is InChI=1S/C59H109N29O12/c1-35-48(87-52(99)40(29-44(61)91)85-51(98)41(30-46(93)83-35)86-50(97)39(27-36-32-69-34-82-36)84-49(96)38(60)28-47(94)95)53(100)88-26-12-13-42(88)43(90)31-45(92)70-25-14-37(89)33-81-59(68)80-24-11-10-23-79-58(67)78-22-9-8-21-77-57(66)76-20-7-6-19-75-56(65)74-18-5-4-17-73-55(64)72-16-3-2-15-71-54(62)63/h32,34-35,37-43,48,89-90H,2-31,33,60H2,1H3,(H2,61,91)(H,69,82)(H,70,92)(H,83,93)(H,84,96)(H,85,98)(H,86,97)(H,87,99)(H,94,95)(H4,62,63,71)(H3,64,72,73)(H3,65,74,75)(H3,66,76,77)(H3,67,78,79)(H3,68,80,81). The Balaban J connectivity index is 1.32. The van der Waals surface area contributed by atoms with Crippen LogP contribution in [0.2, 0.25) is 0 Å². The lowest BCUT2D eigenvalue weighted by Crippen LogP contribution is -2.62. The van der Waals surface area contributed by atoms with Crippen LogP contribution < -0.4 is 110 Å². The van der Waals surface area contributed by atoms with Gasteiger partial charge in [-0.3, -0.25) is 73.1 Å². The Labute approximate surface area is 580 Å². The third kappa shape index (κ3) is 36.5. The summed E-state index contributed by atoms with van der Waals surface area (Å²) in [5.41, 5.74) is 52.0. The molecule has 1 aromatic rings. The van der Waals surface area contributed by atoms with Gasteiger partial charge in [0.2, 0.25) is 47.3 Å². The molecule has 3 heterocycles. The number of nitrogens with zero attached hydrogens (tertiary/aromatic N) is 8. The molecule has 2 fully saturated rings. The number of aliphatic hydroxyl groups excluding tert-OH is 2. The van der Waals surface area contributed by atoms with Crippen LogP contribution in [0.1, 0.15) is 122 Å². The van der Waals surface area contributed by atoms with Crippen LogP contribution >= 0.6 is 0 Å². The van der Waals surface area contributed by atoms with Crippen LogP contribution in [0.3, 0.4) is 0 Å². The highest BCUT2D eigenvalue weighted by Gasteiger charge is 2.42. The summed E-state index contributed by atoms with van der Waals surface area (Å²) in [6, 6.07) is -10.4. The van der Waals surface area contributed by atoms with Crippen molar-refractivity contribution in [1.29, 1.82) is 0 Å². The second kappa shape index (κ2) is 47.8. The molecule has 3 rings (SSSR count). The third-order valence-corrected chi connectivity index (χ3v) is 15.4. The largest absolute Gasteiger partial charge is 0.481 e. The lowest BCUT2D eigenvalue weighted by Gasteiger charge is -2.34. The quantitative estimate of drug-likeness (QED) is 0.0164. The molecule has 0 aliphatic carbocycles. The number of guanidine groups is 6. The molecule has 0 bridgehead atoms. The van der Waals surface area contributed by atoms with Crippen LogP contribution in [0.5, 0.6) is 0 Å². The number of likely N-dealkylation sites (tertiary alicyclic amines) is 1. The van der Waals surface area contributed by atoms with E-state index in [0.29, 0.717) is 101 Å². The smallest absolute Gasteiger partial charge is 0.305 e. The number of carboxylic acid groups (broad SMARTS) is 1. The van der Waals surface area contributed by atoms with Crippen molar-refractivity contribution in [3.05, 3.63) is 18.2 Å². The van der Waals surface area contributed by atoms with Gasteiger partial charge in [-0.2, -0.15) is 0 Å². The van der Waals surface area contributed by atoms with Gasteiger partial charge in [0.25, 0.3) is 0 Å². The van der Waals surface area contributed by atoms with Crippen LogP contribution in [-0.2, 0) is 49.6 Å². The van der Waals surface area contributed by atoms with E-state index in [0.717, 1.165) is 64.2 Å². The molecule has 2 aliphatic heterocycles. The molecule has 41 nitrogen and oxygen atoms in total. The monoisotopic (exact) mass is 1420 g/mol. The molecule has 33 N–H and O–H groups in total. The van der Waals surface area contributed by atoms with Gasteiger partial charge in [-0.05, 0) is 90.4 Å². The maximum Gasteiger partial charge on any atom is 0.305 e. The number of carbonyl (C=O) groups is 9. The van der Waals surface area contributed by atoms with E-state index in [1.54, 1.807) is 0 Å². The number of aliphatic imine (C=N–C) groups is 6. The van der Waals surface area contributed by atoms with Gasteiger partial charge in [0.15, 0.2) is 35.8 Å². The molecule has 2 aliphatic rings. The highest BCUT2D eigenvalue weighted by atomic mass is 16.4. The lowest BCUT2D eigenvalue weighted by atomic mass is 10.0. The predicted octanol–water partition coefficient (Wildman–Crippen LogP) is -9.22. The zero-order chi connectivity index (χ0) is 73.8. The van der Waals surface area contributed by atoms with Crippen molar-refractivity contribution in [2.45, 2.75) is 177 Å². The van der Waals surface area contributed by atoms with Gasteiger partial charge in [-0.15, -0.1) is 0 Å². The van der Waals surface area contributed by atoms with Crippen LogP contribution in [0.4, 0.5) is 0 Å². The van der Waals surface area contributed by atoms with Crippen molar-refractivity contribution >= 4 is 89.0 Å². The first-order valence-electron chi connectivity index (χ1n) is 33.6. The number of aliphatic hydroxyl groups is 2. The molecule has 0 aromatic carbocycles. The van der Waals surface area contributed by atoms with Gasteiger partial charge in [-0.25, -0.2) is 4.98 Å². The molecule has 100 heavy (non-hydrogen) atoms. The average Bonchev–Trinajstić information content (AvgIpc) is 1.32. The summed E-state index contributed by atoms with van der Waals surface area (Å²) in [4.78, 5) is 152. The van der Waals surface area contributed by atoms with E-state index < -0.39 is 133 Å². The zero-order valence-electron chi connectivity index (χ0n) is 57.1. The molecule has 2 saturated heterocycles. The number of carbonyl (C=O) groups excluding carboxylic acids is 8. The van der Waals surface area contributed by atoms with Crippen LogP contribution in [-0.4, -0.2) is 259 Å². The molecule has 0 radical (unpaired) electrons. The van der Waals surface area contributed by atoms with E-state index in [1.165, 1.54) is 24.3 Å². The number of nitrogens with two attached hydrogens (primary N) is 9. The van der Waals surface area contributed by atoms with E-state index in [2.05, 4.69) is 98.4 Å². The number of nitrogens with one attached hydrogen (secondary N) is 12. The third-order valence-electron chi connectivity index (χ3n) is 15.4. The van der Waals surface area contributed by atoms with Crippen molar-refractivity contribution in [3.63, 3.8) is 0 Å². The molecular weight excluding hydrogens is 1310 g/mol. The number of hydrogen-bond donors (Lipinski definition) is 24. The normalized spacial score (nSPS) is 19.2. The van der Waals surface area contributed by atoms with Gasteiger partial charge in [-0.1, -0.05) is 0 Å². The van der Waals surface area contributed by atoms with Crippen molar-refractivity contribution in [3.8, 4) is 0 Å². The number of unbranched alkanes of at least 4 members (excludes halogenated alkanes) is 5. The van der Waals surface area contributed by atoms with Gasteiger partial charge < -0.3 is 135 Å². The number of aromatic nitrogens is 2. The Morgan fingerprint density at radius 2 is 1.15 bits per heavy atom. The van der Waals surface area contributed by atoms with Crippen molar-refractivity contribution < 1.29 is 58.5 Å². The van der Waals surface area contributed by atoms with Crippen LogP contribution in [0.25, 0.3) is 0 Å². The van der Waals surface area contributed by atoms with Crippen LogP contribution in [0.15, 0.2) is 42.5 Å². The molecule has 0 saturated carbocycles. The fraction of sp³-hybridized carbons (Fsp3) is 0.695. The number of aliphatic carboxylic acids is 1. The molecule has 1 aromatic heterocycles. The summed E-state index contributed by atoms with van der Waals surface area (Å²) in [6.45, 7) is 7.37. The highest BCUT2D eigenvalue weighted by molar-refractivity contribution is 6.00. The summed E-state index contributed by atoms with van der Waals surface area (Å²) < 4.78 is 0. The number of H-pyrrole nitrogens is 1. The minimum atomic E-state index is -1.77. The van der Waals surface area contributed by atoms with E-state index in [1.807, 2.05) is 0 Å². The van der Waals surface area contributed by atoms with E-state index in [-0.39, 0.29) is 50.8 Å². The molecule has 9 unspecified atom stereocenters. The van der Waals surface area contributed by atoms with Crippen molar-refractivity contribution in [2.24, 2.45) is 81.6 Å². The SMILES string of the molecule is CC1NC(=O)CC(NC(=O)C(Cc2cnc[nH]2)NC(=O)C(N)CC(=O)O)C(=O)NC(CC(N)=O)C(=O)NC1C(=O)N1CCCC1C(O)CC(=O)NCCC(O)CN=C(N)NCCCCNC(N)=NCCCCN=C(N)NCCCCN=C(N)NCCCCNC(N)=NCCCCN=C(N)N. The van der Waals surface area contributed by atoms with Gasteiger partial charge in [0.1, 0.15) is 24.2 Å². The average molecular weight is 1420 g/mol. The Morgan fingerprint density at radius 3 is 1.65 bits per heavy atom. The Kier molecular flexibility index (Phi) is 40.2. The minimum absolute atomic E-state index is 0.00692. The highest BCUT2D eigenvalue weighted by Crippen LogP contribution is 2.24. The topological polar surface area (TPSA) is 687 Å². The number of amides is 8. The summed E-state index contributed by atoms with van der Waals surface area (Å²) in [7, 11) is 0. The molecular formula is C59H109N29O12. The van der Waals surface area contributed by atoms with Gasteiger partial charge in [0.05, 0.1) is 68.9 Å². The Morgan fingerprint density at radius 1 is 0.640 bits per heavy atom. The summed E-state index contributed by atoms with van der Waals surface area (Å²) >= 11 is 0. The number of rotatable bonds is 44. The maximum absolute atomic E-state index is 14.4. The first kappa shape index (κ1) is 84.2. The molecule has 562 valence electrons.